The van der Waals surface area contributed by atoms with Gasteiger partial charge in [-0.25, -0.2) is 0 Å². The third kappa shape index (κ3) is 22.5. The minimum atomic E-state index is -1.33. The number of alkyl halides is 1. The number of nitrogens with zero attached hydrogens (tertiary/aromatic N) is 5. The van der Waals surface area contributed by atoms with Gasteiger partial charge in [-0.15, -0.1) is 11.6 Å². The summed E-state index contributed by atoms with van der Waals surface area (Å²) in [6.45, 7) is 15.9. The van der Waals surface area contributed by atoms with E-state index in [-0.39, 0.29) is 23.1 Å². The number of nitro groups is 1. The monoisotopic (exact) mass is 1250 g/mol. The minimum Gasteiger partial charge on any atom is -0.314 e. The van der Waals surface area contributed by atoms with Crippen LogP contribution in [0.15, 0.2) is 170 Å². The molecule has 3 aliphatic carbocycles. The largest absolute Gasteiger partial charge is 0.314 e. The van der Waals surface area contributed by atoms with Crippen LogP contribution in [0.5, 0.6) is 0 Å². The zero-order valence-corrected chi connectivity index (χ0v) is 50.8. The van der Waals surface area contributed by atoms with Crippen molar-refractivity contribution >= 4 is 82.2 Å². The fourth-order valence-corrected chi connectivity index (χ4v) is 10.7. The molecule has 0 amide bonds. The van der Waals surface area contributed by atoms with E-state index >= 15 is 0 Å². The number of piperazine rings is 3. The molecule has 3 heterocycles. The van der Waals surface area contributed by atoms with Gasteiger partial charge in [-0.2, -0.15) is 0 Å². The Morgan fingerprint density at radius 2 is 0.878 bits per heavy atom. The number of Topliss-reactive ketones (excluding diaryl/α,β-unsaturated/α-hetero) is 3. The Kier molecular flexibility index (Phi) is 28.9. The van der Waals surface area contributed by atoms with Crippen LogP contribution in [0.2, 0.25) is 0 Å². The first-order valence-electron chi connectivity index (χ1n) is 27.2. The molecule has 6 aromatic rings. The van der Waals surface area contributed by atoms with Crippen LogP contribution in [0.1, 0.15) is 74.5 Å². The van der Waals surface area contributed by atoms with Crippen LogP contribution < -0.4 is 10.6 Å². The number of hydrogen-bond acceptors (Lipinski definition) is 12. The van der Waals surface area contributed by atoms with Crippen LogP contribution in [0.25, 0.3) is 6.08 Å². The van der Waals surface area contributed by atoms with Crippen LogP contribution in [-0.2, 0) is 62.7 Å². The average molecular weight is 1260 g/mol. The number of halogens is 5. The predicted octanol–water partition coefficient (Wildman–Crippen LogP) is 11.4. The fraction of sp³-hybridized carbons (Fsp3) is 0.333. The molecule has 12 rings (SSSR count). The van der Waals surface area contributed by atoms with Gasteiger partial charge in [0.25, 0.3) is 0 Å². The summed E-state index contributed by atoms with van der Waals surface area (Å²) in [6, 6.07) is 54.7. The number of fused-ring (bicyclic) bond motifs is 3. The van der Waals surface area contributed by atoms with Crippen molar-refractivity contribution in [3.8, 4) is 0 Å². The number of nitrogens with one attached hydrogen (secondary N) is 2. The quantitative estimate of drug-likeness (QED) is 0.0491. The molecule has 0 bridgehead atoms. The van der Waals surface area contributed by atoms with E-state index in [1.165, 1.54) is 59.5 Å². The van der Waals surface area contributed by atoms with Crippen molar-refractivity contribution in [2.45, 2.75) is 56.7 Å². The Labute approximate surface area is 509 Å². The molecular weight excluding hydrogens is 1180 g/mol. The summed E-state index contributed by atoms with van der Waals surface area (Å²) in [5.41, 5.74) is 10.6. The summed E-state index contributed by atoms with van der Waals surface area (Å²) in [4.78, 5) is 63.9. The van der Waals surface area contributed by atoms with Crippen molar-refractivity contribution in [2.24, 2.45) is 0 Å². The Hall–Kier alpha value is -5.13. The average Bonchev–Trinajstić information content (AvgIpc) is 4.34. The molecule has 82 heavy (non-hydrogen) atoms. The molecule has 437 valence electrons. The topological polar surface area (TPSA) is 148 Å². The molecule has 3 aliphatic heterocycles. The summed E-state index contributed by atoms with van der Waals surface area (Å²) in [6.07, 6.45) is 4.11. The van der Waals surface area contributed by atoms with Gasteiger partial charge in [-0.3, -0.25) is 48.9 Å². The van der Waals surface area contributed by atoms with Crippen molar-refractivity contribution in [1.82, 2.24) is 30.2 Å². The SMILES string of the molecule is CC(=O)Cl.O=C1Cc2ccccc2C1Cl.O=C1Cc2ccccc2C1N1CCN(Cc2ccccc2)CC1.O=C1Cc2ccccc2C1N1CCNCC1.O=[N+]([O-])/C=C/c1ccccc1.[Cl][Fe]([Cl])[Cl].c1ccc(CN2CCNCC2)cc1. The summed E-state index contributed by atoms with van der Waals surface area (Å²) < 4.78 is 0. The van der Waals surface area contributed by atoms with Crippen LogP contribution in [0.3, 0.4) is 0 Å². The zero-order chi connectivity index (χ0) is 58.6. The van der Waals surface area contributed by atoms with Gasteiger partial charge in [0.2, 0.25) is 11.4 Å². The normalized spacial score (nSPS) is 19.4. The Bertz CT molecular complexity index is 2960. The second-order valence-electron chi connectivity index (χ2n) is 19.9. The van der Waals surface area contributed by atoms with E-state index in [1.807, 2.05) is 60.7 Å². The molecule has 6 aromatic carbocycles. The number of rotatable bonds is 8. The number of benzene rings is 6. The van der Waals surface area contributed by atoms with E-state index in [0.717, 1.165) is 101 Å². The summed E-state index contributed by atoms with van der Waals surface area (Å²) >= 11 is 9.15. The molecule has 3 unspecified atom stereocenters. The summed E-state index contributed by atoms with van der Waals surface area (Å²) in [5, 5.41) is 15.8. The molecule has 3 fully saturated rings. The van der Waals surface area contributed by atoms with Crippen molar-refractivity contribution < 1.29 is 35.3 Å². The van der Waals surface area contributed by atoms with Crippen LogP contribution in [0, 0.1) is 10.1 Å². The van der Waals surface area contributed by atoms with E-state index in [1.54, 1.807) is 12.1 Å². The Balaban J connectivity index is 0.000000164. The van der Waals surface area contributed by atoms with Gasteiger partial charge in [0.15, 0.2) is 17.3 Å². The standard InChI is InChI=1S/C20H22N2O.C13H16N2O.C11H16N2.C9H7ClO.C8H7NO2.C2H3ClO.3ClH.Fe/c23-19-14-17-8-4-5-9-18(17)20(19)22-12-10-21(11-13-22)15-16-6-2-1-3-7-16;16-12-9-10-3-1-2-4-11(10)13(12)15-7-5-14-6-8-15;1-2-4-11(5-3-1)10-13-8-6-12-7-9-13;10-9-7-4-2-1-3-6(7)5-8(9)11;10-9(11)7-6-8-4-2-1-3-5-8;1-2(3)4;;;;/h1-9,20H,10-15H2;1-4,13-14H,5-9H2;1-5,12H,6-10H2;1-4,9H,5H2;1-7H;1H3;3*1H;/q;;;;;;;;;+3/p-3/b;;;;7-6+;;;;;. The van der Waals surface area contributed by atoms with Crippen LogP contribution in [-0.4, -0.2) is 126 Å². The number of hydrogen-bond donors (Lipinski definition) is 2. The third-order valence-corrected chi connectivity index (χ3v) is 14.7. The number of carbonyl (C=O) groups is 4. The first-order chi connectivity index (χ1) is 39.7. The van der Waals surface area contributed by atoms with E-state index < -0.39 is 21.5 Å². The second-order valence-corrected chi connectivity index (χ2v) is 26.4. The number of carbonyl (C=O) groups excluding carboxylic acids is 4. The maximum atomic E-state index is 12.4. The van der Waals surface area contributed by atoms with E-state index in [0.29, 0.717) is 30.8 Å². The van der Waals surface area contributed by atoms with E-state index in [9.17, 15) is 29.3 Å². The van der Waals surface area contributed by atoms with Gasteiger partial charge in [0.1, 0.15) is 5.38 Å². The summed E-state index contributed by atoms with van der Waals surface area (Å²) in [7, 11) is 14.7. The van der Waals surface area contributed by atoms with Crippen molar-refractivity contribution in [1.29, 1.82) is 0 Å². The molecule has 19 heteroatoms. The molecule has 0 aromatic heterocycles. The molecule has 0 spiro atoms. The zero-order valence-electron chi connectivity index (χ0n) is 45.9. The van der Waals surface area contributed by atoms with Gasteiger partial charge in [0, 0.05) is 124 Å². The molecule has 13 nitrogen and oxygen atoms in total. The molecular formula is C63H71Cl5FeN7O6. The fourth-order valence-electron chi connectivity index (χ4n) is 10.4. The van der Waals surface area contributed by atoms with Gasteiger partial charge in [0.05, 0.1) is 17.0 Å². The van der Waals surface area contributed by atoms with Crippen molar-refractivity contribution in [2.75, 3.05) is 78.5 Å². The first-order valence-corrected chi connectivity index (χ1v) is 32.6. The third-order valence-electron chi connectivity index (χ3n) is 14.2. The Morgan fingerprint density at radius 3 is 1.30 bits per heavy atom. The molecule has 0 radical (unpaired) electrons. The molecule has 3 atom stereocenters. The molecule has 2 N–H and O–H groups in total. The molecule has 0 saturated carbocycles. The Morgan fingerprint density at radius 1 is 0.537 bits per heavy atom. The molecule has 3 saturated heterocycles. The maximum Gasteiger partial charge on any atom is 0.0234 e. The minimum absolute atomic E-state index is 0.00919. The van der Waals surface area contributed by atoms with Gasteiger partial charge in [-0.05, 0) is 61.7 Å². The first kappa shape index (κ1) is 66.0. The van der Waals surface area contributed by atoms with Gasteiger partial charge in [-0.1, -0.05) is 164 Å². The maximum absolute atomic E-state index is 12.4. The van der Waals surface area contributed by atoms with Crippen molar-refractivity contribution in [3.05, 3.63) is 230 Å². The van der Waals surface area contributed by atoms with Gasteiger partial charge >= 0.3 is 41.5 Å². The number of ketones is 3. The van der Waals surface area contributed by atoms with Gasteiger partial charge < -0.3 is 10.6 Å². The van der Waals surface area contributed by atoms with E-state index in [4.69, 9.17) is 41.9 Å². The van der Waals surface area contributed by atoms with Crippen molar-refractivity contribution in [3.63, 3.8) is 0 Å². The second kappa shape index (κ2) is 35.9. The van der Waals surface area contributed by atoms with Crippen LogP contribution in [0.4, 0.5) is 0 Å². The molecule has 6 aliphatic rings. The van der Waals surface area contributed by atoms with Crippen LogP contribution >= 0.6 is 53.5 Å². The summed E-state index contributed by atoms with van der Waals surface area (Å²) in [5.74, 6) is 0.846. The van der Waals surface area contributed by atoms with E-state index in [2.05, 4.69) is 133 Å². The predicted molar refractivity (Wildman–Crippen MR) is 328 cm³/mol. The smallest absolute Gasteiger partial charge is 0.0234 e.